The third-order valence-electron chi connectivity index (χ3n) is 4.23. The number of hydrogen-bond acceptors (Lipinski definition) is 4. The minimum absolute atomic E-state index is 0.161. The van der Waals surface area contributed by atoms with E-state index in [2.05, 4.69) is 10.4 Å². The average molecular weight is 404 g/mol. The first kappa shape index (κ1) is 17.7. The summed E-state index contributed by atoms with van der Waals surface area (Å²) in [5.74, 6) is 1.34. The molecule has 0 bridgehead atoms. The van der Waals surface area contributed by atoms with Crippen molar-refractivity contribution in [2.45, 2.75) is 13.5 Å². The van der Waals surface area contributed by atoms with Gasteiger partial charge in [-0.3, -0.25) is 9.48 Å². The highest BCUT2D eigenvalue weighted by Crippen LogP contribution is 2.32. The van der Waals surface area contributed by atoms with E-state index in [1.54, 1.807) is 47.1 Å². The first-order chi connectivity index (χ1) is 13.0. The molecule has 0 radical (unpaired) electrons. The van der Waals surface area contributed by atoms with E-state index in [9.17, 15) is 4.79 Å². The average Bonchev–Trinajstić information content (AvgIpc) is 3.24. The van der Waals surface area contributed by atoms with Crippen LogP contribution in [0.5, 0.6) is 11.5 Å². The molecular weight excluding hydrogens is 389 g/mol. The standard InChI is InChI=1S/C19H15Cl2N3O3/c1-11-7-18(23-24(11)9-13-14(20)3-2-4-15(13)21)22-19(25)12-5-6-16-17(8-12)27-10-26-16/h2-8H,9-10H2,1H3,(H,22,23,25). The van der Waals surface area contributed by atoms with Gasteiger partial charge in [0.05, 0.1) is 6.54 Å². The number of amides is 1. The molecule has 0 saturated carbocycles. The molecule has 0 unspecified atom stereocenters. The number of aryl methyl sites for hydroxylation is 1. The van der Waals surface area contributed by atoms with E-state index < -0.39 is 0 Å². The summed E-state index contributed by atoms with van der Waals surface area (Å²) < 4.78 is 12.3. The maximum Gasteiger partial charge on any atom is 0.257 e. The van der Waals surface area contributed by atoms with Gasteiger partial charge in [-0.2, -0.15) is 5.10 Å². The maximum absolute atomic E-state index is 12.5. The van der Waals surface area contributed by atoms with E-state index in [0.29, 0.717) is 39.5 Å². The second-order valence-corrected chi connectivity index (χ2v) is 6.87. The lowest BCUT2D eigenvalue weighted by Crippen LogP contribution is -2.13. The molecule has 2 aromatic carbocycles. The highest BCUT2D eigenvalue weighted by Gasteiger charge is 2.17. The molecule has 27 heavy (non-hydrogen) atoms. The molecule has 8 heteroatoms. The second-order valence-electron chi connectivity index (χ2n) is 6.05. The predicted molar refractivity (Wildman–Crippen MR) is 103 cm³/mol. The summed E-state index contributed by atoms with van der Waals surface area (Å²) in [7, 11) is 0. The first-order valence-electron chi connectivity index (χ1n) is 8.19. The van der Waals surface area contributed by atoms with E-state index in [1.807, 2.05) is 6.92 Å². The molecule has 1 N–H and O–H groups in total. The summed E-state index contributed by atoms with van der Waals surface area (Å²) in [6.45, 7) is 2.47. The van der Waals surface area contributed by atoms with Crippen molar-refractivity contribution in [3.8, 4) is 11.5 Å². The minimum atomic E-state index is -0.284. The topological polar surface area (TPSA) is 65.4 Å². The number of benzene rings is 2. The number of carbonyl (C=O) groups is 1. The van der Waals surface area contributed by atoms with Gasteiger partial charge in [-0.15, -0.1) is 0 Å². The van der Waals surface area contributed by atoms with Gasteiger partial charge in [-0.1, -0.05) is 29.3 Å². The molecule has 1 aliphatic rings. The molecule has 2 heterocycles. The monoisotopic (exact) mass is 403 g/mol. The molecule has 1 amide bonds. The molecule has 0 saturated heterocycles. The van der Waals surface area contributed by atoms with Gasteiger partial charge in [-0.25, -0.2) is 0 Å². The fourth-order valence-electron chi connectivity index (χ4n) is 2.79. The number of ether oxygens (including phenoxy) is 2. The van der Waals surface area contributed by atoms with Crippen LogP contribution >= 0.6 is 23.2 Å². The predicted octanol–water partition coefficient (Wildman–Crippen LogP) is 4.53. The largest absolute Gasteiger partial charge is 0.454 e. The van der Waals surface area contributed by atoms with Crippen LogP contribution in [0.4, 0.5) is 5.82 Å². The van der Waals surface area contributed by atoms with Gasteiger partial charge in [0.2, 0.25) is 6.79 Å². The lowest BCUT2D eigenvalue weighted by Gasteiger charge is -2.08. The Bertz CT molecular complexity index is 1010. The summed E-state index contributed by atoms with van der Waals surface area (Å²) >= 11 is 12.5. The van der Waals surface area contributed by atoms with E-state index in [4.69, 9.17) is 32.7 Å². The van der Waals surface area contributed by atoms with Crippen molar-refractivity contribution in [2.24, 2.45) is 0 Å². The van der Waals surface area contributed by atoms with Crippen LogP contribution in [0.2, 0.25) is 10.0 Å². The van der Waals surface area contributed by atoms with Crippen LogP contribution in [0.25, 0.3) is 0 Å². The fraction of sp³-hybridized carbons (Fsp3) is 0.158. The van der Waals surface area contributed by atoms with Gasteiger partial charge >= 0.3 is 0 Å². The van der Waals surface area contributed by atoms with E-state index in [-0.39, 0.29) is 12.7 Å². The van der Waals surface area contributed by atoms with Crippen molar-refractivity contribution in [1.29, 1.82) is 0 Å². The third-order valence-corrected chi connectivity index (χ3v) is 4.94. The lowest BCUT2D eigenvalue weighted by atomic mass is 10.2. The van der Waals surface area contributed by atoms with Crippen LogP contribution in [-0.2, 0) is 6.54 Å². The quantitative estimate of drug-likeness (QED) is 0.694. The number of fused-ring (bicyclic) bond motifs is 1. The number of anilines is 1. The second kappa shape index (κ2) is 7.13. The zero-order chi connectivity index (χ0) is 19.0. The highest BCUT2D eigenvalue weighted by molar-refractivity contribution is 6.35. The Kier molecular flexibility index (Phi) is 4.68. The lowest BCUT2D eigenvalue weighted by molar-refractivity contribution is 0.102. The van der Waals surface area contributed by atoms with Crippen LogP contribution in [-0.4, -0.2) is 22.5 Å². The van der Waals surface area contributed by atoms with Crippen LogP contribution in [0.1, 0.15) is 21.6 Å². The number of halogens is 2. The van der Waals surface area contributed by atoms with E-state index in [1.165, 1.54) is 0 Å². The van der Waals surface area contributed by atoms with Gasteiger partial charge in [-0.05, 0) is 37.3 Å². The summed E-state index contributed by atoms with van der Waals surface area (Å²) in [6.07, 6.45) is 0. The Labute approximate surface area is 165 Å². The maximum atomic E-state index is 12.5. The van der Waals surface area contributed by atoms with Crippen molar-refractivity contribution < 1.29 is 14.3 Å². The van der Waals surface area contributed by atoms with Crippen LogP contribution in [0.15, 0.2) is 42.5 Å². The number of hydrogen-bond donors (Lipinski definition) is 1. The zero-order valence-corrected chi connectivity index (χ0v) is 15.8. The molecule has 0 spiro atoms. The number of aromatic nitrogens is 2. The molecule has 138 valence electrons. The van der Waals surface area contributed by atoms with Gasteiger partial charge in [0.1, 0.15) is 0 Å². The SMILES string of the molecule is Cc1cc(NC(=O)c2ccc3c(c2)OCO3)nn1Cc1c(Cl)cccc1Cl. The van der Waals surface area contributed by atoms with Crippen molar-refractivity contribution in [3.05, 3.63) is 69.3 Å². The van der Waals surface area contributed by atoms with Crippen molar-refractivity contribution >= 4 is 34.9 Å². The summed E-state index contributed by atoms with van der Waals surface area (Å²) in [6, 6.07) is 12.2. The Hall–Kier alpha value is -2.70. The highest BCUT2D eigenvalue weighted by atomic mass is 35.5. The van der Waals surface area contributed by atoms with Gasteiger partial charge < -0.3 is 14.8 Å². The van der Waals surface area contributed by atoms with Crippen molar-refractivity contribution in [2.75, 3.05) is 12.1 Å². The Morgan fingerprint density at radius 1 is 1.15 bits per heavy atom. The van der Waals surface area contributed by atoms with E-state index >= 15 is 0 Å². The number of rotatable bonds is 4. The molecule has 0 aliphatic carbocycles. The number of carbonyl (C=O) groups excluding carboxylic acids is 1. The van der Waals surface area contributed by atoms with Gasteiger partial charge in [0.25, 0.3) is 5.91 Å². The summed E-state index contributed by atoms with van der Waals surface area (Å²) in [4.78, 5) is 12.5. The Morgan fingerprint density at radius 2 is 1.89 bits per heavy atom. The smallest absolute Gasteiger partial charge is 0.257 e. The molecule has 0 fully saturated rings. The summed E-state index contributed by atoms with van der Waals surface area (Å²) in [5, 5.41) is 8.37. The number of nitrogens with zero attached hydrogens (tertiary/aromatic N) is 2. The fourth-order valence-corrected chi connectivity index (χ4v) is 3.31. The van der Waals surface area contributed by atoms with Crippen LogP contribution in [0.3, 0.4) is 0 Å². The number of nitrogens with one attached hydrogen (secondary N) is 1. The molecule has 3 aromatic rings. The summed E-state index contributed by atoms with van der Waals surface area (Å²) in [5.41, 5.74) is 2.10. The molecule has 1 aromatic heterocycles. The van der Waals surface area contributed by atoms with Gasteiger partial charge in [0, 0.05) is 32.9 Å². The Balaban J connectivity index is 1.52. The molecule has 4 rings (SSSR count). The van der Waals surface area contributed by atoms with Crippen molar-refractivity contribution in [1.82, 2.24) is 9.78 Å². The van der Waals surface area contributed by atoms with Crippen LogP contribution < -0.4 is 14.8 Å². The van der Waals surface area contributed by atoms with Crippen molar-refractivity contribution in [3.63, 3.8) is 0 Å². The molecule has 6 nitrogen and oxygen atoms in total. The zero-order valence-electron chi connectivity index (χ0n) is 14.3. The van der Waals surface area contributed by atoms with Crippen LogP contribution in [0, 0.1) is 6.92 Å². The first-order valence-corrected chi connectivity index (χ1v) is 8.95. The molecular formula is C19H15Cl2N3O3. The normalized spacial score (nSPS) is 12.3. The Morgan fingerprint density at radius 3 is 2.67 bits per heavy atom. The van der Waals surface area contributed by atoms with E-state index in [0.717, 1.165) is 11.3 Å². The van der Waals surface area contributed by atoms with Gasteiger partial charge in [0.15, 0.2) is 17.3 Å². The third kappa shape index (κ3) is 3.59. The minimum Gasteiger partial charge on any atom is -0.454 e. The molecule has 0 atom stereocenters. The molecule has 1 aliphatic heterocycles.